The third-order valence-electron chi connectivity index (χ3n) is 5.43. The Morgan fingerprint density at radius 3 is 2.60 bits per heavy atom. The Morgan fingerprint density at radius 1 is 1.07 bits per heavy atom. The number of nitrogens with zero attached hydrogens (tertiary/aromatic N) is 4. The molecule has 0 saturated carbocycles. The molecule has 0 spiro atoms. The monoisotopic (exact) mass is 463 g/mol. The minimum Gasteiger partial charge on any atom is -0.326 e. The second-order valence-electron chi connectivity index (χ2n) is 7.82. The highest BCUT2D eigenvalue weighted by Gasteiger charge is 2.45. The molecule has 8 heteroatoms. The summed E-state index contributed by atoms with van der Waals surface area (Å²) in [6.07, 6.45) is 0. The Balaban J connectivity index is 1.56. The minimum absolute atomic E-state index is 0.0171. The molecule has 150 valence electrons. The lowest BCUT2D eigenvalue weighted by atomic mass is 9.86. The van der Waals surface area contributed by atoms with Crippen molar-refractivity contribution in [3.63, 3.8) is 0 Å². The first-order chi connectivity index (χ1) is 14.4. The Kier molecular flexibility index (Phi) is 4.14. The van der Waals surface area contributed by atoms with E-state index in [9.17, 15) is 9.59 Å². The van der Waals surface area contributed by atoms with Crippen LogP contribution in [0.15, 0.2) is 63.9 Å². The summed E-state index contributed by atoms with van der Waals surface area (Å²) in [5.74, 6) is 0.794. The lowest BCUT2D eigenvalue weighted by molar-refractivity contribution is -0.122. The van der Waals surface area contributed by atoms with Gasteiger partial charge in [0.2, 0.25) is 11.7 Å². The number of anilines is 1. The fraction of sp³-hybridized carbons (Fsp3) is 0.182. The predicted molar refractivity (Wildman–Crippen MR) is 117 cm³/mol. The molecule has 5 rings (SSSR count). The molecule has 0 unspecified atom stereocenters. The summed E-state index contributed by atoms with van der Waals surface area (Å²) >= 11 is 3.57. The van der Waals surface area contributed by atoms with Gasteiger partial charge < -0.3 is 9.88 Å². The molecule has 1 amide bonds. The first-order valence-corrected chi connectivity index (χ1v) is 10.3. The number of hydrogen-bond donors (Lipinski definition) is 1. The molecule has 7 nitrogen and oxygen atoms in total. The number of benzene rings is 2. The van der Waals surface area contributed by atoms with E-state index in [4.69, 9.17) is 0 Å². The lowest BCUT2D eigenvalue weighted by Crippen LogP contribution is -2.36. The zero-order valence-electron chi connectivity index (χ0n) is 16.4. The van der Waals surface area contributed by atoms with E-state index in [2.05, 4.69) is 31.0 Å². The number of rotatable bonds is 3. The molecule has 0 aliphatic carbocycles. The quantitative estimate of drug-likeness (QED) is 0.502. The third kappa shape index (κ3) is 2.79. The van der Waals surface area contributed by atoms with Crippen LogP contribution < -0.4 is 10.5 Å². The molecular formula is C22H18BrN5O2. The van der Waals surface area contributed by atoms with Gasteiger partial charge in [0, 0.05) is 33.0 Å². The van der Waals surface area contributed by atoms with Crippen LogP contribution in [-0.4, -0.2) is 25.5 Å². The fourth-order valence-electron chi connectivity index (χ4n) is 3.97. The maximum Gasteiger partial charge on any atom is 0.275 e. The van der Waals surface area contributed by atoms with Gasteiger partial charge in [0.25, 0.3) is 5.56 Å². The zero-order valence-corrected chi connectivity index (χ0v) is 18.0. The van der Waals surface area contributed by atoms with E-state index in [0.29, 0.717) is 17.3 Å². The van der Waals surface area contributed by atoms with Gasteiger partial charge in [-0.3, -0.25) is 9.59 Å². The number of aromatic amines is 1. The molecule has 30 heavy (non-hydrogen) atoms. The summed E-state index contributed by atoms with van der Waals surface area (Å²) in [4.78, 5) is 35.2. The molecule has 1 N–H and O–H groups in total. The van der Waals surface area contributed by atoms with Crippen molar-refractivity contribution in [3.05, 3.63) is 80.7 Å². The van der Waals surface area contributed by atoms with Crippen LogP contribution in [0.25, 0.3) is 17.2 Å². The first kappa shape index (κ1) is 18.7. The molecule has 0 atom stereocenters. The number of aromatic nitrogens is 4. The van der Waals surface area contributed by atoms with E-state index in [-0.39, 0.29) is 18.0 Å². The highest BCUT2D eigenvalue weighted by molar-refractivity contribution is 9.10. The van der Waals surface area contributed by atoms with Crippen LogP contribution in [0.1, 0.15) is 25.1 Å². The van der Waals surface area contributed by atoms with Gasteiger partial charge in [-0.1, -0.05) is 52.3 Å². The molecule has 0 bridgehead atoms. The van der Waals surface area contributed by atoms with Crippen molar-refractivity contribution in [2.24, 2.45) is 0 Å². The molecule has 2 aromatic carbocycles. The number of carbonyl (C=O) groups is 1. The molecule has 0 fully saturated rings. The van der Waals surface area contributed by atoms with E-state index >= 15 is 0 Å². The van der Waals surface area contributed by atoms with Gasteiger partial charge in [0.1, 0.15) is 0 Å². The summed E-state index contributed by atoms with van der Waals surface area (Å²) in [6, 6.07) is 16.7. The van der Waals surface area contributed by atoms with E-state index in [0.717, 1.165) is 21.3 Å². The minimum atomic E-state index is -0.658. The maximum absolute atomic E-state index is 13.2. The fourth-order valence-corrected chi connectivity index (χ4v) is 4.82. The van der Waals surface area contributed by atoms with Gasteiger partial charge in [-0.25, -0.2) is 0 Å². The van der Waals surface area contributed by atoms with Gasteiger partial charge in [-0.2, -0.15) is 9.50 Å². The van der Waals surface area contributed by atoms with Crippen LogP contribution in [-0.2, 0) is 16.8 Å². The van der Waals surface area contributed by atoms with Crippen molar-refractivity contribution >= 4 is 33.3 Å². The average Bonchev–Trinajstić information content (AvgIpc) is 3.23. The lowest BCUT2D eigenvalue weighted by Gasteiger charge is -2.20. The molecule has 1 aliphatic heterocycles. The maximum atomic E-state index is 13.2. The van der Waals surface area contributed by atoms with Crippen LogP contribution >= 0.6 is 15.9 Å². The van der Waals surface area contributed by atoms with E-state index < -0.39 is 5.41 Å². The van der Waals surface area contributed by atoms with Crippen LogP contribution in [0.4, 0.5) is 5.69 Å². The van der Waals surface area contributed by atoms with E-state index in [1.807, 2.05) is 62.4 Å². The predicted octanol–water partition coefficient (Wildman–Crippen LogP) is 3.67. The molecule has 1 aliphatic rings. The molecule has 0 radical (unpaired) electrons. The van der Waals surface area contributed by atoms with Gasteiger partial charge in [-0.05, 0) is 26.0 Å². The zero-order chi connectivity index (χ0) is 21.0. The molecule has 0 saturated heterocycles. The van der Waals surface area contributed by atoms with Crippen molar-refractivity contribution in [2.75, 3.05) is 4.90 Å². The SMILES string of the molecule is CC1(C)C(=O)N(Cc2cc(=O)n3nc(-c4ccccc4)nc3[nH]2)c2cccc(Br)c21. The summed E-state index contributed by atoms with van der Waals surface area (Å²) in [5.41, 5.74) is 2.25. The number of nitrogens with one attached hydrogen (secondary N) is 1. The van der Waals surface area contributed by atoms with Crippen molar-refractivity contribution in [1.29, 1.82) is 0 Å². The standard InChI is InChI=1S/C22H18BrN5O2/c1-22(2)18-15(23)9-6-10-16(18)27(20(22)30)12-14-11-17(29)28-21(24-14)25-19(26-28)13-7-4-3-5-8-13/h3-11H,12H2,1-2H3,(H,24,25,26). The van der Waals surface area contributed by atoms with Crippen molar-refractivity contribution in [2.45, 2.75) is 25.8 Å². The topological polar surface area (TPSA) is 83.4 Å². The summed E-state index contributed by atoms with van der Waals surface area (Å²) in [6.45, 7) is 4.07. The van der Waals surface area contributed by atoms with Gasteiger partial charge in [0.15, 0.2) is 5.82 Å². The Bertz CT molecular complexity index is 1360. The summed E-state index contributed by atoms with van der Waals surface area (Å²) in [5, 5.41) is 4.32. The molecule has 3 heterocycles. The summed E-state index contributed by atoms with van der Waals surface area (Å²) < 4.78 is 2.14. The number of halogens is 1. The summed E-state index contributed by atoms with van der Waals surface area (Å²) in [7, 11) is 0. The van der Waals surface area contributed by atoms with E-state index in [1.54, 1.807) is 4.90 Å². The number of hydrogen-bond acceptors (Lipinski definition) is 4. The Labute approximate surface area is 180 Å². The second kappa shape index (κ2) is 6.63. The third-order valence-corrected chi connectivity index (χ3v) is 6.09. The molecular weight excluding hydrogens is 446 g/mol. The van der Waals surface area contributed by atoms with Gasteiger partial charge in [-0.15, -0.1) is 5.10 Å². The van der Waals surface area contributed by atoms with Crippen LogP contribution in [0, 0.1) is 0 Å². The number of fused-ring (bicyclic) bond motifs is 2. The highest BCUT2D eigenvalue weighted by atomic mass is 79.9. The number of amides is 1. The highest BCUT2D eigenvalue weighted by Crippen LogP contribution is 2.45. The number of H-pyrrole nitrogens is 1. The van der Waals surface area contributed by atoms with Crippen LogP contribution in [0.5, 0.6) is 0 Å². The van der Waals surface area contributed by atoms with Gasteiger partial charge >= 0.3 is 0 Å². The van der Waals surface area contributed by atoms with Crippen molar-refractivity contribution in [3.8, 4) is 11.4 Å². The smallest absolute Gasteiger partial charge is 0.275 e. The first-order valence-electron chi connectivity index (χ1n) is 9.51. The second-order valence-corrected chi connectivity index (χ2v) is 8.67. The largest absolute Gasteiger partial charge is 0.326 e. The Morgan fingerprint density at radius 2 is 1.83 bits per heavy atom. The normalized spacial score (nSPS) is 15.0. The van der Waals surface area contributed by atoms with Crippen LogP contribution in [0.3, 0.4) is 0 Å². The average molecular weight is 464 g/mol. The van der Waals surface area contributed by atoms with E-state index in [1.165, 1.54) is 10.6 Å². The van der Waals surface area contributed by atoms with Gasteiger partial charge in [0.05, 0.1) is 12.0 Å². The van der Waals surface area contributed by atoms with Crippen LogP contribution in [0.2, 0.25) is 0 Å². The molecule has 4 aromatic rings. The Hall–Kier alpha value is -3.26. The number of carbonyl (C=O) groups excluding carboxylic acids is 1. The molecule has 2 aromatic heterocycles. The van der Waals surface area contributed by atoms with Crippen molar-refractivity contribution in [1.82, 2.24) is 19.6 Å². The van der Waals surface area contributed by atoms with Crippen molar-refractivity contribution < 1.29 is 4.79 Å².